The summed E-state index contributed by atoms with van der Waals surface area (Å²) in [5.74, 6) is -1.00. The van der Waals surface area contributed by atoms with E-state index >= 15 is 0 Å². The molecule has 0 saturated heterocycles. The molecule has 0 bridgehead atoms. The molecule has 0 spiro atoms. The fraction of sp³-hybridized carbons (Fsp3) is 0.685. The molecule has 0 aliphatic rings. The summed E-state index contributed by atoms with van der Waals surface area (Å²) in [6.45, 7) is 6.31. The van der Waals surface area contributed by atoms with Crippen molar-refractivity contribution < 1.29 is 28.6 Å². The Hall–Kier alpha value is -3.41. The summed E-state index contributed by atoms with van der Waals surface area (Å²) < 4.78 is 16.7. The van der Waals surface area contributed by atoms with Crippen molar-refractivity contribution in [3.05, 3.63) is 85.1 Å². The number of carbonyl (C=O) groups excluding carboxylic acids is 3. The van der Waals surface area contributed by atoms with Crippen LogP contribution in [0.1, 0.15) is 220 Å². The maximum Gasteiger partial charge on any atom is 0.306 e. The third kappa shape index (κ3) is 45.7. The van der Waals surface area contributed by atoms with Gasteiger partial charge in [-0.05, 0) is 57.8 Å². The first-order valence-corrected chi connectivity index (χ1v) is 24.7. The van der Waals surface area contributed by atoms with E-state index in [4.69, 9.17) is 14.2 Å². The van der Waals surface area contributed by atoms with Gasteiger partial charge in [0, 0.05) is 19.3 Å². The van der Waals surface area contributed by atoms with Crippen molar-refractivity contribution >= 4 is 17.9 Å². The zero-order valence-electron chi connectivity index (χ0n) is 38.9. The Labute approximate surface area is 369 Å². The average Bonchev–Trinajstić information content (AvgIpc) is 3.24. The number of rotatable bonds is 43. The first-order valence-electron chi connectivity index (χ1n) is 24.7. The summed E-state index contributed by atoms with van der Waals surface area (Å²) >= 11 is 0. The first kappa shape index (κ1) is 56.6. The van der Waals surface area contributed by atoms with Crippen molar-refractivity contribution in [3.63, 3.8) is 0 Å². The average molecular weight is 835 g/mol. The van der Waals surface area contributed by atoms with E-state index in [9.17, 15) is 14.4 Å². The molecule has 1 atom stereocenters. The van der Waals surface area contributed by atoms with Crippen molar-refractivity contribution in [1.29, 1.82) is 0 Å². The van der Waals surface area contributed by atoms with Crippen LogP contribution in [-0.2, 0) is 28.6 Å². The Morgan fingerprint density at radius 1 is 0.367 bits per heavy atom. The van der Waals surface area contributed by atoms with Gasteiger partial charge in [0.05, 0.1) is 0 Å². The van der Waals surface area contributed by atoms with Gasteiger partial charge in [-0.2, -0.15) is 0 Å². The number of esters is 3. The third-order valence-corrected chi connectivity index (χ3v) is 10.3. The lowest BCUT2D eigenvalue weighted by atomic mass is 10.0. The Morgan fingerprint density at radius 3 is 1.23 bits per heavy atom. The monoisotopic (exact) mass is 835 g/mol. The highest BCUT2D eigenvalue weighted by atomic mass is 16.6. The summed E-state index contributed by atoms with van der Waals surface area (Å²) in [6.07, 6.45) is 61.5. The minimum absolute atomic E-state index is 0.109. The van der Waals surface area contributed by atoms with Crippen LogP contribution in [0, 0.1) is 0 Å². The molecule has 0 N–H and O–H groups in total. The van der Waals surface area contributed by atoms with Crippen LogP contribution in [0.4, 0.5) is 0 Å². The second kappa shape index (κ2) is 48.3. The van der Waals surface area contributed by atoms with Crippen LogP contribution in [0.2, 0.25) is 0 Å². The lowest BCUT2D eigenvalue weighted by Gasteiger charge is -2.18. The number of carbonyl (C=O) groups is 3. The van der Waals surface area contributed by atoms with Gasteiger partial charge in [-0.25, -0.2) is 0 Å². The molecule has 0 rings (SSSR count). The lowest BCUT2D eigenvalue weighted by molar-refractivity contribution is -0.167. The van der Waals surface area contributed by atoms with Gasteiger partial charge in [0.1, 0.15) is 13.2 Å². The van der Waals surface area contributed by atoms with Crippen molar-refractivity contribution in [2.45, 2.75) is 226 Å². The number of unbranched alkanes of at least 4 members (excludes halogenated alkanes) is 22. The predicted octanol–water partition coefficient (Wildman–Crippen LogP) is 16.0. The SMILES string of the molecule is CC\C=C/C=C\C=C/C=C\C=C/CCCC(=O)OC(COC(=O)CCCCCCC/C=C\C/C=C\CC)COC(=O)CCCCCCCCCCCCCCCCCCC. The lowest BCUT2D eigenvalue weighted by Crippen LogP contribution is -2.30. The van der Waals surface area contributed by atoms with Gasteiger partial charge in [-0.1, -0.05) is 228 Å². The molecule has 0 aromatic carbocycles. The zero-order valence-corrected chi connectivity index (χ0v) is 38.9. The largest absolute Gasteiger partial charge is 0.462 e. The van der Waals surface area contributed by atoms with Gasteiger partial charge in [0.2, 0.25) is 0 Å². The van der Waals surface area contributed by atoms with Crippen molar-refractivity contribution in [1.82, 2.24) is 0 Å². The van der Waals surface area contributed by atoms with Crippen LogP contribution >= 0.6 is 0 Å². The molecule has 0 aromatic rings. The molecule has 0 heterocycles. The Balaban J connectivity index is 4.45. The van der Waals surface area contributed by atoms with Crippen LogP contribution in [0.5, 0.6) is 0 Å². The molecular formula is C54H90O6. The Bertz CT molecular complexity index is 1190. The zero-order chi connectivity index (χ0) is 43.7. The van der Waals surface area contributed by atoms with Gasteiger partial charge in [0.15, 0.2) is 6.10 Å². The van der Waals surface area contributed by atoms with Gasteiger partial charge >= 0.3 is 17.9 Å². The molecule has 0 saturated carbocycles. The van der Waals surface area contributed by atoms with E-state index < -0.39 is 6.10 Å². The first-order chi connectivity index (χ1) is 29.5. The molecule has 0 aliphatic carbocycles. The highest BCUT2D eigenvalue weighted by Crippen LogP contribution is 2.15. The molecule has 0 fully saturated rings. The summed E-state index contributed by atoms with van der Waals surface area (Å²) in [6, 6.07) is 0. The van der Waals surface area contributed by atoms with E-state index in [0.717, 1.165) is 83.5 Å². The Morgan fingerprint density at radius 2 is 0.750 bits per heavy atom. The van der Waals surface area contributed by atoms with Crippen LogP contribution in [-0.4, -0.2) is 37.2 Å². The van der Waals surface area contributed by atoms with E-state index in [0.29, 0.717) is 19.3 Å². The minimum atomic E-state index is -0.816. The molecule has 0 amide bonds. The number of hydrogen-bond acceptors (Lipinski definition) is 6. The normalized spacial score (nSPS) is 12.8. The molecule has 0 aromatic heterocycles. The van der Waals surface area contributed by atoms with Crippen LogP contribution < -0.4 is 0 Å². The van der Waals surface area contributed by atoms with Gasteiger partial charge in [0.25, 0.3) is 0 Å². The smallest absolute Gasteiger partial charge is 0.306 e. The minimum Gasteiger partial charge on any atom is -0.462 e. The predicted molar refractivity (Wildman–Crippen MR) is 256 cm³/mol. The maximum atomic E-state index is 12.7. The summed E-state index contributed by atoms with van der Waals surface area (Å²) in [7, 11) is 0. The van der Waals surface area contributed by atoms with Gasteiger partial charge in [-0.3, -0.25) is 14.4 Å². The van der Waals surface area contributed by atoms with E-state index in [1.54, 1.807) is 0 Å². The van der Waals surface area contributed by atoms with Crippen molar-refractivity contribution in [2.75, 3.05) is 13.2 Å². The Kier molecular flexibility index (Phi) is 45.5. The fourth-order valence-corrected chi connectivity index (χ4v) is 6.63. The van der Waals surface area contributed by atoms with Crippen molar-refractivity contribution in [3.8, 4) is 0 Å². The number of allylic oxidation sites excluding steroid dienone is 14. The molecule has 6 heteroatoms. The molecule has 1 unspecified atom stereocenters. The van der Waals surface area contributed by atoms with Gasteiger partial charge < -0.3 is 14.2 Å². The van der Waals surface area contributed by atoms with E-state index in [-0.39, 0.29) is 37.5 Å². The van der Waals surface area contributed by atoms with Crippen LogP contribution in [0.15, 0.2) is 85.1 Å². The fourth-order valence-electron chi connectivity index (χ4n) is 6.63. The van der Waals surface area contributed by atoms with Gasteiger partial charge in [-0.15, -0.1) is 0 Å². The summed E-state index contributed by atoms with van der Waals surface area (Å²) in [5.41, 5.74) is 0. The number of hydrogen-bond donors (Lipinski definition) is 0. The molecular weight excluding hydrogens is 745 g/mol. The summed E-state index contributed by atoms with van der Waals surface area (Å²) in [4.78, 5) is 37.8. The van der Waals surface area contributed by atoms with Crippen LogP contribution in [0.3, 0.4) is 0 Å². The van der Waals surface area contributed by atoms with E-state index in [1.165, 1.54) is 89.9 Å². The highest BCUT2D eigenvalue weighted by molar-refractivity contribution is 5.71. The molecule has 0 aliphatic heterocycles. The standard InChI is InChI=1S/C54H90O6/c1-4-7-10-13-16-19-22-25-26-27-28-30-32-35-38-41-44-47-53(56)59-50-51(49-58-52(55)46-43-40-37-34-31-24-21-18-15-12-9-6-3)60-54(57)48-45-42-39-36-33-29-23-20-17-14-11-8-5-2/h8-9,11-12,14,17-18,20-21,23,29,33,36,39,51H,4-7,10,13,15-16,19,22,24-28,30-32,34-35,37-38,40-50H2,1-3H3/b11-8-,12-9-,17-14-,21-18-,23-20-,33-29-,39-36-. The molecule has 60 heavy (non-hydrogen) atoms. The summed E-state index contributed by atoms with van der Waals surface area (Å²) in [5, 5.41) is 0. The quantitative estimate of drug-likeness (QED) is 0.0200. The van der Waals surface area contributed by atoms with Crippen molar-refractivity contribution in [2.24, 2.45) is 0 Å². The molecule has 6 nitrogen and oxygen atoms in total. The second-order valence-corrected chi connectivity index (χ2v) is 16.1. The topological polar surface area (TPSA) is 78.9 Å². The highest BCUT2D eigenvalue weighted by Gasteiger charge is 2.19. The van der Waals surface area contributed by atoms with E-state index in [2.05, 4.69) is 51.2 Å². The number of ether oxygens (including phenoxy) is 3. The molecule has 0 radical (unpaired) electrons. The van der Waals surface area contributed by atoms with E-state index in [1.807, 2.05) is 54.7 Å². The molecule has 342 valence electrons. The maximum absolute atomic E-state index is 12.7. The third-order valence-electron chi connectivity index (χ3n) is 10.3. The van der Waals surface area contributed by atoms with Crippen LogP contribution in [0.25, 0.3) is 0 Å². The second-order valence-electron chi connectivity index (χ2n) is 16.1.